The van der Waals surface area contributed by atoms with E-state index < -0.39 is 0 Å². The van der Waals surface area contributed by atoms with Gasteiger partial charge in [-0.15, -0.1) is 0 Å². The molecule has 1 aliphatic carbocycles. The molecule has 3 aromatic rings. The van der Waals surface area contributed by atoms with Crippen LogP contribution in [0.2, 0.25) is 0 Å². The lowest BCUT2D eigenvalue weighted by Crippen LogP contribution is -2.21. The predicted octanol–water partition coefficient (Wildman–Crippen LogP) is 4.85. The molecule has 1 saturated heterocycles. The zero-order valence-corrected chi connectivity index (χ0v) is 19.9. The quantitative estimate of drug-likeness (QED) is 0.448. The Morgan fingerprint density at radius 3 is 2.66 bits per heavy atom. The Bertz CT molecular complexity index is 1200. The Morgan fingerprint density at radius 1 is 1.06 bits per heavy atom. The van der Waals surface area contributed by atoms with E-state index in [4.69, 9.17) is 9.72 Å². The molecule has 4 heterocycles. The molecular formula is C26H31N7O2. The molecule has 1 aliphatic heterocycles. The third kappa shape index (κ3) is 5.67. The first kappa shape index (κ1) is 23.0. The molecule has 0 bridgehead atoms. The van der Waals surface area contributed by atoms with E-state index in [1.54, 1.807) is 12.3 Å². The van der Waals surface area contributed by atoms with Gasteiger partial charge in [0.25, 0.3) is 0 Å². The first-order valence-electron chi connectivity index (χ1n) is 12.4. The fourth-order valence-corrected chi connectivity index (χ4v) is 4.73. The van der Waals surface area contributed by atoms with Gasteiger partial charge in [-0.1, -0.05) is 31.9 Å². The lowest BCUT2D eigenvalue weighted by atomic mass is 9.90. The molecule has 0 atom stereocenters. The summed E-state index contributed by atoms with van der Waals surface area (Å²) >= 11 is 0. The summed E-state index contributed by atoms with van der Waals surface area (Å²) in [6, 6.07) is 7.72. The van der Waals surface area contributed by atoms with Crippen molar-refractivity contribution in [2.45, 2.75) is 44.9 Å². The summed E-state index contributed by atoms with van der Waals surface area (Å²) in [4.78, 5) is 32.4. The maximum absolute atomic E-state index is 11.6. The molecule has 3 aromatic heterocycles. The Kier molecular flexibility index (Phi) is 7.02. The minimum absolute atomic E-state index is 0.313. The van der Waals surface area contributed by atoms with Crippen LogP contribution in [0, 0.1) is 5.92 Å². The van der Waals surface area contributed by atoms with Crippen LogP contribution in [-0.4, -0.2) is 45.5 Å². The van der Waals surface area contributed by atoms with Crippen molar-refractivity contribution in [3.8, 4) is 6.01 Å². The highest BCUT2D eigenvalue weighted by molar-refractivity contribution is 5.98. The molecule has 0 unspecified atom stereocenters. The third-order valence-corrected chi connectivity index (χ3v) is 6.56. The largest absolute Gasteiger partial charge is 0.463 e. The maximum atomic E-state index is 11.6. The lowest BCUT2D eigenvalue weighted by Gasteiger charge is -2.22. The fourth-order valence-electron chi connectivity index (χ4n) is 4.73. The lowest BCUT2D eigenvalue weighted by molar-refractivity contribution is -0.111. The van der Waals surface area contributed by atoms with Crippen molar-refractivity contribution < 1.29 is 9.53 Å². The SMILES string of the molecule is C=CC(=O)Nc1cccc(Nc2cc3c(N4CCCC4)nc(OCC4CCCCC4)nc3cn2)n1. The first-order chi connectivity index (χ1) is 17.2. The van der Waals surface area contributed by atoms with Crippen LogP contribution in [0.25, 0.3) is 10.9 Å². The Labute approximate surface area is 205 Å². The number of hydrogen-bond donors (Lipinski definition) is 2. The van der Waals surface area contributed by atoms with Crippen LogP contribution < -0.4 is 20.3 Å². The van der Waals surface area contributed by atoms with E-state index in [9.17, 15) is 4.79 Å². The Balaban J connectivity index is 1.40. The maximum Gasteiger partial charge on any atom is 0.319 e. The second-order valence-corrected chi connectivity index (χ2v) is 9.15. The van der Waals surface area contributed by atoms with Crippen molar-refractivity contribution in [3.63, 3.8) is 0 Å². The number of carbonyl (C=O) groups is 1. The molecule has 5 rings (SSSR count). The number of anilines is 4. The number of ether oxygens (including phenoxy) is 1. The number of carbonyl (C=O) groups excluding carboxylic acids is 1. The number of nitrogens with zero attached hydrogens (tertiary/aromatic N) is 5. The van der Waals surface area contributed by atoms with Gasteiger partial charge in [-0.2, -0.15) is 9.97 Å². The second kappa shape index (κ2) is 10.7. The first-order valence-corrected chi connectivity index (χ1v) is 12.4. The molecule has 2 aliphatic rings. The van der Waals surface area contributed by atoms with Gasteiger partial charge < -0.3 is 20.3 Å². The van der Waals surface area contributed by atoms with Gasteiger partial charge in [0.1, 0.15) is 23.3 Å². The van der Waals surface area contributed by atoms with Gasteiger partial charge in [0, 0.05) is 18.5 Å². The number of fused-ring (bicyclic) bond motifs is 1. The molecule has 1 amide bonds. The van der Waals surface area contributed by atoms with Crippen LogP contribution in [0.15, 0.2) is 43.1 Å². The van der Waals surface area contributed by atoms with Crippen LogP contribution in [0.3, 0.4) is 0 Å². The van der Waals surface area contributed by atoms with Gasteiger partial charge in [0.15, 0.2) is 0 Å². The number of pyridine rings is 2. The van der Waals surface area contributed by atoms with Gasteiger partial charge in [0.2, 0.25) is 5.91 Å². The molecule has 9 nitrogen and oxygen atoms in total. The molecule has 2 fully saturated rings. The number of aromatic nitrogens is 4. The van der Waals surface area contributed by atoms with Crippen LogP contribution in [0.5, 0.6) is 6.01 Å². The highest BCUT2D eigenvalue weighted by Gasteiger charge is 2.21. The smallest absolute Gasteiger partial charge is 0.319 e. The van der Waals surface area contributed by atoms with Crippen molar-refractivity contribution in [2.75, 3.05) is 35.2 Å². The highest BCUT2D eigenvalue weighted by atomic mass is 16.5. The predicted molar refractivity (Wildman–Crippen MR) is 137 cm³/mol. The zero-order valence-electron chi connectivity index (χ0n) is 19.9. The third-order valence-electron chi connectivity index (χ3n) is 6.56. The Morgan fingerprint density at radius 2 is 1.86 bits per heavy atom. The fraction of sp³-hybridized carbons (Fsp3) is 0.423. The summed E-state index contributed by atoms with van der Waals surface area (Å²) < 4.78 is 6.09. The summed E-state index contributed by atoms with van der Waals surface area (Å²) in [7, 11) is 0. The minimum Gasteiger partial charge on any atom is -0.463 e. The van der Waals surface area contributed by atoms with E-state index in [0.29, 0.717) is 36.0 Å². The van der Waals surface area contributed by atoms with Crippen LogP contribution in [0.1, 0.15) is 44.9 Å². The molecular weight excluding hydrogens is 442 g/mol. The standard InChI is InChI=1S/C26H31N7O2/c1-2-24(34)31-22-12-8-11-21(29-22)30-23-15-19-20(16-27-23)28-26(32-25(19)33-13-6-7-14-33)35-17-18-9-4-3-5-10-18/h2,8,11-12,15-16,18H,1,3-7,9-10,13-14,17H2,(H2,27,29,30,31,34). The van der Waals surface area contributed by atoms with Crippen LogP contribution >= 0.6 is 0 Å². The summed E-state index contributed by atoms with van der Waals surface area (Å²) in [5, 5.41) is 6.81. The molecule has 0 aromatic carbocycles. The normalized spacial score (nSPS) is 16.3. The van der Waals surface area contributed by atoms with Crippen molar-refractivity contribution in [1.82, 2.24) is 19.9 Å². The van der Waals surface area contributed by atoms with E-state index >= 15 is 0 Å². The number of rotatable bonds is 8. The van der Waals surface area contributed by atoms with E-state index in [0.717, 1.165) is 42.7 Å². The van der Waals surface area contributed by atoms with Gasteiger partial charge in [0.05, 0.1) is 18.3 Å². The van der Waals surface area contributed by atoms with Crippen LogP contribution in [-0.2, 0) is 4.79 Å². The summed E-state index contributed by atoms with van der Waals surface area (Å²) in [5.74, 6) is 2.78. The summed E-state index contributed by atoms with van der Waals surface area (Å²) in [6.45, 7) is 6.07. The van der Waals surface area contributed by atoms with Gasteiger partial charge in [-0.3, -0.25) is 4.79 Å². The summed E-state index contributed by atoms with van der Waals surface area (Å²) in [6.07, 6.45) is 11.6. The molecule has 182 valence electrons. The average Bonchev–Trinajstić information content (AvgIpc) is 3.43. The van der Waals surface area contributed by atoms with E-state index in [1.807, 2.05) is 18.2 Å². The molecule has 9 heteroatoms. The summed E-state index contributed by atoms with van der Waals surface area (Å²) in [5.41, 5.74) is 0.756. The highest BCUT2D eigenvalue weighted by Crippen LogP contribution is 2.31. The van der Waals surface area contributed by atoms with Gasteiger partial charge in [-0.25, -0.2) is 9.97 Å². The van der Waals surface area contributed by atoms with E-state index in [-0.39, 0.29) is 5.91 Å². The van der Waals surface area contributed by atoms with Gasteiger partial charge in [-0.05, 0) is 55.9 Å². The molecule has 2 N–H and O–H groups in total. The molecule has 35 heavy (non-hydrogen) atoms. The topological polar surface area (TPSA) is 105 Å². The van der Waals surface area contributed by atoms with Crippen molar-refractivity contribution in [2.24, 2.45) is 5.92 Å². The van der Waals surface area contributed by atoms with E-state index in [2.05, 4.69) is 37.1 Å². The zero-order chi connectivity index (χ0) is 24.0. The molecule has 0 spiro atoms. The number of nitrogens with one attached hydrogen (secondary N) is 2. The molecule has 1 saturated carbocycles. The monoisotopic (exact) mass is 473 g/mol. The van der Waals surface area contributed by atoms with Gasteiger partial charge >= 0.3 is 6.01 Å². The van der Waals surface area contributed by atoms with Crippen molar-refractivity contribution in [3.05, 3.63) is 43.1 Å². The van der Waals surface area contributed by atoms with Crippen molar-refractivity contribution >= 4 is 40.1 Å². The molecule has 0 radical (unpaired) electrons. The van der Waals surface area contributed by atoms with Crippen molar-refractivity contribution in [1.29, 1.82) is 0 Å². The van der Waals surface area contributed by atoms with E-state index in [1.165, 1.54) is 38.2 Å². The minimum atomic E-state index is -0.313. The Hall–Kier alpha value is -3.75. The average molecular weight is 474 g/mol. The second-order valence-electron chi connectivity index (χ2n) is 9.15. The number of hydrogen-bond acceptors (Lipinski definition) is 8. The number of amides is 1. The van der Waals surface area contributed by atoms with Crippen LogP contribution in [0.4, 0.5) is 23.3 Å².